The quantitative estimate of drug-likeness (QED) is 0.514. The number of rotatable bonds is 5. The Labute approximate surface area is 91.7 Å². The number of allylic oxidation sites excluding steroid dienone is 2. The van der Waals surface area contributed by atoms with Crippen LogP contribution in [0, 0.1) is 11.3 Å². The molecule has 2 heteroatoms. The first-order valence-electron chi connectivity index (χ1n) is 5.67. The van der Waals surface area contributed by atoms with Crippen molar-refractivity contribution in [1.82, 2.24) is 0 Å². The lowest BCUT2D eigenvalue weighted by molar-refractivity contribution is -0.118. The predicted molar refractivity (Wildman–Crippen MR) is 60.6 cm³/mol. The Morgan fingerprint density at radius 2 is 2.27 bits per heavy atom. The van der Waals surface area contributed by atoms with E-state index < -0.39 is 0 Å². The van der Waals surface area contributed by atoms with Crippen LogP contribution in [-0.4, -0.2) is 12.1 Å². The molecule has 0 aromatic carbocycles. The first-order chi connectivity index (χ1) is 7.02. The predicted octanol–water partition coefficient (Wildman–Crippen LogP) is 2.92. The molecule has 15 heavy (non-hydrogen) atoms. The van der Waals surface area contributed by atoms with E-state index >= 15 is 0 Å². The van der Waals surface area contributed by atoms with Gasteiger partial charge in [-0.3, -0.25) is 4.79 Å². The Morgan fingerprint density at radius 1 is 1.60 bits per heavy atom. The van der Waals surface area contributed by atoms with Gasteiger partial charge in [-0.05, 0) is 17.8 Å². The van der Waals surface area contributed by atoms with E-state index in [9.17, 15) is 9.59 Å². The summed E-state index contributed by atoms with van der Waals surface area (Å²) < 4.78 is 0. The first kappa shape index (κ1) is 12.2. The maximum absolute atomic E-state index is 11.4. The number of ketones is 1. The fraction of sp³-hybridized carbons (Fsp3) is 0.692. The summed E-state index contributed by atoms with van der Waals surface area (Å²) >= 11 is 0. The molecule has 0 fully saturated rings. The summed E-state index contributed by atoms with van der Waals surface area (Å²) in [4.78, 5) is 22.0. The van der Waals surface area contributed by atoms with Crippen molar-refractivity contribution in [1.29, 1.82) is 0 Å². The topological polar surface area (TPSA) is 34.1 Å². The summed E-state index contributed by atoms with van der Waals surface area (Å²) in [6, 6.07) is 0. The first-order valence-corrected chi connectivity index (χ1v) is 5.67. The molecule has 1 rings (SSSR count). The highest BCUT2D eigenvalue weighted by Gasteiger charge is 2.36. The van der Waals surface area contributed by atoms with Crippen molar-refractivity contribution in [2.24, 2.45) is 11.3 Å². The van der Waals surface area contributed by atoms with E-state index in [2.05, 4.69) is 19.9 Å². The van der Waals surface area contributed by atoms with Crippen LogP contribution in [-0.2, 0) is 9.59 Å². The second-order valence-electron chi connectivity index (χ2n) is 4.86. The summed E-state index contributed by atoms with van der Waals surface area (Å²) in [7, 11) is 0. The molecule has 0 aliphatic heterocycles. The van der Waals surface area contributed by atoms with Crippen molar-refractivity contribution in [3.63, 3.8) is 0 Å². The monoisotopic (exact) mass is 208 g/mol. The third-order valence-corrected chi connectivity index (χ3v) is 3.66. The van der Waals surface area contributed by atoms with Gasteiger partial charge in [0.15, 0.2) is 0 Å². The lowest BCUT2D eigenvalue weighted by Crippen LogP contribution is -2.23. The van der Waals surface area contributed by atoms with Crippen LogP contribution in [0.1, 0.15) is 46.5 Å². The summed E-state index contributed by atoms with van der Waals surface area (Å²) in [6.45, 7) is 6.18. The normalized spacial score (nSPS) is 23.7. The molecule has 0 N–H and O–H groups in total. The van der Waals surface area contributed by atoms with Crippen LogP contribution in [0.4, 0.5) is 0 Å². The van der Waals surface area contributed by atoms with E-state index in [-0.39, 0.29) is 5.41 Å². The molecule has 1 atom stereocenters. The minimum absolute atomic E-state index is 0.0196. The molecule has 0 amide bonds. The fourth-order valence-electron chi connectivity index (χ4n) is 2.25. The van der Waals surface area contributed by atoms with Gasteiger partial charge in [0, 0.05) is 19.3 Å². The van der Waals surface area contributed by atoms with Crippen LogP contribution in [0.3, 0.4) is 0 Å². The molecular weight excluding hydrogens is 188 g/mol. The largest absolute Gasteiger partial charge is 0.303 e. The van der Waals surface area contributed by atoms with E-state index in [0.717, 1.165) is 12.7 Å². The fourth-order valence-corrected chi connectivity index (χ4v) is 2.25. The van der Waals surface area contributed by atoms with Gasteiger partial charge < -0.3 is 4.79 Å². The SMILES string of the molecule is CCC(=O)CC1=CC[C@H](CC=O)C1(C)C. The number of hydrogen-bond donors (Lipinski definition) is 0. The van der Waals surface area contributed by atoms with Gasteiger partial charge in [0.05, 0.1) is 0 Å². The molecule has 0 unspecified atom stereocenters. The number of carbonyl (C=O) groups excluding carboxylic acids is 2. The van der Waals surface area contributed by atoms with Crippen LogP contribution in [0.25, 0.3) is 0 Å². The van der Waals surface area contributed by atoms with Crippen molar-refractivity contribution in [2.45, 2.75) is 46.5 Å². The Morgan fingerprint density at radius 3 is 2.80 bits per heavy atom. The smallest absolute Gasteiger partial charge is 0.136 e. The molecule has 0 saturated carbocycles. The van der Waals surface area contributed by atoms with Crippen molar-refractivity contribution < 1.29 is 9.59 Å². The van der Waals surface area contributed by atoms with Gasteiger partial charge in [-0.1, -0.05) is 32.4 Å². The Hall–Kier alpha value is -0.920. The molecule has 0 aromatic rings. The van der Waals surface area contributed by atoms with Gasteiger partial charge >= 0.3 is 0 Å². The van der Waals surface area contributed by atoms with Crippen molar-refractivity contribution in [2.75, 3.05) is 0 Å². The minimum Gasteiger partial charge on any atom is -0.303 e. The Bertz CT molecular complexity index is 287. The standard InChI is InChI=1S/C13H20O2/c1-4-12(15)9-11-6-5-10(7-8-14)13(11,2)3/h6,8,10H,4-5,7,9H2,1-3H3/t10-/m1/s1. The van der Waals surface area contributed by atoms with Gasteiger partial charge in [0.2, 0.25) is 0 Å². The van der Waals surface area contributed by atoms with Crippen LogP contribution in [0.2, 0.25) is 0 Å². The van der Waals surface area contributed by atoms with Gasteiger partial charge in [0.1, 0.15) is 12.1 Å². The van der Waals surface area contributed by atoms with Crippen LogP contribution < -0.4 is 0 Å². The van der Waals surface area contributed by atoms with E-state index in [1.807, 2.05) is 6.92 Å². The van der Waals surface area contributed by atoms with Crippen LogP contribution in [0.15, 0.2) is 11.6 Å². The summed E-state index contributed by atoms with van der Waals surface area (Å²) in [5.41, 5.74) is 1.24. The lowest BCUT2D eigenvalue weighted by Gasteiger charge is -2.29. The van der Waals surface area contributed by atoms with Crippen LogP contribution >= 0.6 is 0 Å². The van der Waals surface area contributed by atoms with Gasteiger partial charge in [-0.15, -0.1) is 0 Å². The third kappa shape index (κ3) is 2.55. The van der Waals surface area contributed by atoms with E-state index in [0.29, 0.717) is 31.0 Å². The zero-order valence-electron chi connectivity index (χ0n) is 9.88. The van der Waals surface area contributed by atoms with Gasteiger partial charge in [0.25, 0.3) is 0 Å². The highest BCUT2D eigenvalue weighted by atomic mass is 16.1. The zero-order chi connectivity index (χ0) is 11.5. The molecule has 0 bridgehead atoms. The molecular formula is C13H20O2. The number of Topliss-reactive ketones (excluding diaryl/α,β-unsaturated/α-hetero) is 1. The Balaban J connectivity index is 2.68. The third-order valence-electron chi connectivity index (χ3n) is 3.66. The molecule has 1 aliphatic rings. The summed E-state index contributed by atoms with van der Waals surface area (Å²) in [5.74, 6) is 0.677. The van der Waals surface area contributed by atoms with E-state index in [1.54, 1.807) is 0 Å². The highest BCUT2D eigenvalue weighted by molar-refractivity contribution is 5.80. The van der Waals surface area contributed by atoms with Crippen molar-refractivity contribution >= 4 is 12.1 Å². The second kappa shape index (κ2) is 4.73. The average Bonchev–Trinajstić information content (AvgIpc) is 2.45. The van der Waals surface area contributed by atoms with E-state index in [1.165, 1.54) is 5.57 Å². The molecule has 0 saturated heterocycles. The summed E-state index contributed by atoms with van der Waals surface area (Å²) in [6.07, 6.45) is 5.86. The minimum atomic E-state index is 0.0196. The average molecular weight is 208 g/mol. The maximum atomic E-state index is 11.4. The number of hydrogen-bond acceptors (Lipinski definition) is 2. The van der Waals surface area contributed by atoms with Crippen molar-refractivity contribution in [3.8, 4) is 0 Å². The molecule has 0 spiro atoms. The molecule has 2 nitrogen and oxygen atoms in total. The molecule has 0 heterocycles. The number of carbonyl (C=O) groups is 2. The molecule has 0 aromatic heterocycles. The zero-order valence-corrected chi connectivity index (χ0v) is 9.88. The van der Waals surface area contributed by atoms with E-state index in [4.69, 9.17) is 0 Å². The molecule has 0 radical (unpaired) electrons. The van der Waals surface area contributed by atoms with Crippen LogP contribution in [0.5, 0.6) is 0 Å². The maximum Gasteiger partial charge on any atom is 0.136 e. The van der Waals surface area contributed by atoms with Crippen molar-refractivity contribution in [3.05, 3.63) is 11.6 Å². The second-order valence-corrected chi connectivity index (χ2v) is 4.86. The summed E-state index contributed by atoms with van der Waals surface area (Å²) in [5, 5.41) is 0. The molecule has 1 aliphatic carbocycles. The van der Waals surface area contributed by atoms with Gasteiger partial charge in [-0.25, -0.2) is 0 Å². The van der Waals surface area contributed by atoms with Gasteiger partial charge in [-0.2, -0.15) is 0 Å². The highest BCUT2D eigenvalue weighted by Crippen LogP contribution is 2.46. The Kier molecular flexibility index (Phi) is 3.83. The molecule has 84 valence electrons. The number of aldehydes is 1. The lowest BCUT2D eigenvalue weighted by atomic mass is 9.74.